The number of rotatable bonds is 2. The summed E-state index contributed by atoms with van der Waals surface area (Å²) in [5.41, 5.74) is 3.07. The maximum atomic E-state index is 5.58. The Morgan fingerprint density at radius 3 is 3.06 bits per heavy atom. The van der Waals surface area contributed by atoms with E-state index in [9.17, 15) is 0 Å². The number of hydrogen-bond acceptors (Lipinski definition) is 2. The van der Waals surface area contributed by atoms with Gasteiger partial charge in [-0.25, -0.2) is 0 Å². The Hall–Kier alpha value is -0.730. The number of halogens is 1. The second-order valence-electron chi connectivity index (χ2n) is 4.95. The highest BCUT2D eigenvalue weighted by molar-refractivity contribution is 5.85. The molecule has 2 aliphatic rings. The van der Waals surface area contributed by atoms with Crippen LogP contribution in [0.2, 0.25) is 0 Å². The predicted molar refractivity (Wildman–Crippen MR) is 72.3 cm³/mol. The third kappa shape index (κ3) is 2.43. The summed E-state index contributed by atoms with van der Waals surface area (Å²) in [4.78, 5) is 0. The van der Waals surface area contributed by atoms with Gasteiger partial charge in [0.1, 0.15) is 5.75 Å². The fraction of sp³-hybridized carbons (Fsp3) is 0.571. The molecule has 1 aromatic carbocycles. The molecular formula is C14H20ClNO. The minimum atomic E-state index is 0. The van der Waals surface area contributed by atoms with E-state index in [1.165, 1.54) is 24.9 Å². The molecule has 17 heavy (non-hydrogen) atoms. The Bertz CT molecular complexity index is 394. The number of piperidine rings is 1. The van der Waals surface area contributed by atoms with Gasteiger partial charge in [-0.1, -0.05) is 6.07 Å². The monoisotopic (exact) mass is 253 g/mol. The van der Waals surface area contributed by atoms with Crippen molar-refractivity contribution in [3.05, 3.63) is 29.3 Å². The summed E-state index contributed by atoms with van der Waals surface area (Å²) in [5.74, 6) is 2.61. The molecule has 0 aromatic heterocycles. The van der Waals surface area contributed by atoms with E-state index in [1.54, 1.807) is 5.56 Å². The Labute approximate surface area is 109 Å². The molecule has 1 aliphatic heterocycles. The largest absolute Gasteiger partial charge is 0.494 e. The van der Waals surface area contributed by atoms with Crippen LogP contribution in [0.5, 0.6) is 5.75 Å². The molecule has 2 unspecified atom stereocenters. The van der Waals surface area contributed by atoms with E-state index in [2.05, 4.69) is 23.5 Å². The van der Waals surface area contributed by atoms with Gasteiger partial charge >= 0.3 is 0 Å². The molecule has 0 amide bonds. The van der Waals surface area contributed by atoms with Gasteiger partial charge in [-0.05, 0) is 61.4 Å². The van der Waals surface area contributed by atoms with Gasteiger partial charge in [-0.15, -0.1) is 12.4 Å². The lowest BCUT2D eigenvalue weighted by atomic mass is 9.74. The van der Waals surface area contributed by atoms with Crippen molar-refractivity contribution in [1.29, 1.82) is 0 Å². The van der Waals surface area contributed by atoms with E-state index in [0.29, 0.717) is 0 Å². The van der Waals surface area contributed by atoms with Crippen molar-refractivity contribution in [3.8, 4) is 5.75 Å². The summed E-state index contributed by atoms with van der Waals surface area (Å²) < 4.78 is 5.58. The van der Waals surface area contributed by atoms with E-state index in [1.807, 2.05) is 6.92 Å². The molecule has 1 fully saturated rings. The number of hydrogen-bond donors (Lipinski definition) is 1. The van der Waals surface area contributed by atoms with Gasteiger partial charge < -0.3 is 10.1 Å². The number of benzene rings is 1. The standard InChI is InChI=1S/C14H19NO.ClH/c1-2-16-13-3-4-14-11(7-13)5-10-6-12(14)9-15-8-10;/h3-4,7,10,12,15H,2,5-6,8-9H2,1H3;1H. The van der Waals surface area contributed by atoms with Crippen LogP contribution in [0.25, 0.3) is 0 Å². The van der Waals surface area contributed by atoms with Crippen LogP contribution >= 0.6 is 12.4 Å². The Kier molecular flexibility index (Phi) is 3.95. The normalized spacial score (nSPS) is 25.7. The highest BCUT2D eigenvalue weighted by atomic mass is 35.5. The summed E-state index contributed by atoms with van der Waals surface area (Å²) in [6.07, 6.45) is 2.59. The third-order valence-electron chi connectivity index (χ3n) is 3.82. The molecule has 3 heteroatoms. The first-order valence-corrected chi connectivity index (χ1v) is 6.33. The summed E-state index contributed by atoms with van der Waals surface area (Å²) >= 11 is 0. The third-order valence-corrected chi connectivity index (χ3v) is 3.82. The van der Waals surface area contributed by atoms with Crippen molar-refractivity contribution in [1.82, 2.24) is 5.32 Å². The maximum absolute atomic E-state index is 5.58. The summed E-state index contributed by atoms with van der Waals surface area (Å²) in [5, 5.41) is 3.54. The molecule has 1 aromatic rings. The zero-order valence-electron chi connectivity index (χ0n) is 10.2. The van der Waals surface area contributed by atoms with Gasteiger partial charge in [0, 0.05) is 6.54 Å². The molecule has 1 aliphatic carbocycles. The fourth-order valence-electron chi connectivity index (χ4n) is 3.15. The topological polar surface area (TPSA) is 21.3 Å². The predicted octanol–water partition coefficient (Wildman–Crippen LogP) is 2.76. The zero-order valence-corrected chi connectivity index (χ0v) is 11.1. The van der Waals surface area contributed by atoms with Gasteiger partial charge in [0.15, 0.2) is 0 Å². The molecule has 3 rings (SSSR count). The highest BCUT2D eigenvalue weighted by Crippen LogP contribution is 2.38. The SMILES string of the molecule is CCOc1ccc2c(c1)CC1CNCC2C1.Cl. The van der Waals surface area contributed by atoms with E-state index in [-0.39, 0.29) is 12.4 Å². The molecule has 2 bridgehead atoms. The maximum Gasteiger partial charge on any atom is 0.119 e. The molecule has 0 spiro atoms. The van der Waals surface area contributed by atoms with Crippen LogP contribution in [0.15, 0.2) is 18.2 Å². The second kappa shape index (κ2) is 5.28. The molecule has 0 radical (unpaired) electrons. The smallest absolute Gasteiger partial charge is 0.119 e. The van der Waals surface area contributed by atoms with Crippen molar-refractivity contribution >= 4 is 12.4 Å². The first-order chi connectivity index (χ1) is 7.86. The lowest BCUT2D eigenvalue weighted by Gasteiger charge is -2.36. The van der Waals surface area contributed by atoms with Crippen LogP contribution in [0.1, 0.15) is 30.4 Å². The van der Waals surface area contributed by atoms with Gasteiger partial charge in [-0.3, -0.25) is 0 Å². The fourth-order valence-corrected chi connectivity index (χ4v) is 3.15. The van der Waals surface area contributed by atoms with Crippen molar-refractivity contribution in [2.24, 2.45) is 5.92 Å². The van der Waals surface area contributed by atoms with E-state index >= 15 is 0 Å². The van der Waals surface area contributed by atoms with Gasteiger partial charge in [0.2, 0.25) is 0 Å². The van der Waals surface area contributed by atoms with Crippen LogP contribution in [-0.4, -0.2) is 19.7 Å². The lowest BCUT2D eigenvalue weighted by molar-refractivity contribution is 0.313. The first-order valence-electron chi connectivity index (χ1n) is 6.33. The average Bonchev–Trinajstić information content (AvgIpc) is 2.29. The molecule has 94 valence electrons. The van der Waals surface area contributed by atoms with Crippen LogP contribution in [0.3, 0.4) is 0 Å². The number of ether oxygens (including phenoxy) is 1. The Balaban J connectivity index is 0.00000108. The van der Waals surface area contributed by atoms with Gasteiger partial charge in [0.05, 0.1) is 6.61 Å². The highest BCUT2D eigenvalue weighted by Gasteiger charge is 2.30. The van der Waals surface area contributed by atoms with Crippen LogP contribution in [0.4, 0.5) is 0 Å². The van der Waals surface area contributed by atoms with Crippen LogP contribution < -0.4 is 10.1 Å². The summed E-state index contributed by atoms with van der Waals surface area (Å²) in [6.45, 7) is 5.14. The van der Waals surface area contributed by atoms with Crippen molar-refractivity contribution in [3.63, 3.8) is 0 Å². The lowest BCUT2D eigenvalue weighted by Crippen LogP contribution is -2.39. The number of fused-ring (bicyclic) bond motifs is 4. The van der Waals surface area contributed by atoms with Crippen molar-refractivity contribution < 1.29 is 4.74 Å². The molecule has 0 saturated carbocycles. The average molecular weight is 254 g/mol. The molecule has 1 saturated heterocycles. The Morgan fingerprint density at radius 1 is 1.35 bits per heavy atom. The molecule has 1 N–H and O–H groups in total. The van der Waals surface area contributed by atoms with E-state index in [0.717, 1.165) is 30.7 Å². The van der Waals surface area contributed by atoms with Crippen molar-refractivity contribution in [2.75, 3.05) is 19.7 Å². The van der Waals surface area contributed by atoms with E-state index < -0.39 is 0 Å². The quantitative estimate of drug-likeness (QED) is 0.875. The molecule has 2 atom stereocenters. The summed E-state index contributed by atoms with van der Waals surface area (Å²) in [7, 11) is 0. The van der Waals surface area contributed by atoms with Gasteiger partial charge in [0.25, 0.3) is 0 Å². The minimum Gasteiger partial charge on any atom is -0.494 e. The molecular weight excluding hydrogens is 234 g/mol. The first kappa shape index (κ1) is 12.7. The summed E-state index contributed by atoms with van der Waals surface area (Å²) in [6, 6.07) is 6.65. The minimum absolute atomic E-state index is 0. The molecule has 2 nitrogen and oxygen atoms in total. The van der Waals surface area contributed by atoms with E-state index in [4.69, 9.17) is 4.74 Å². The second-order valence-corrected chi connectivity index (χ2v) is 4.95. The molecule has 1 heterocycles. The van der Waals surface area contributed by atoms with Gasteiger partial charge in [-0.2, -0.15) is 0 Å². The zero-order chi connectivity index (χ0) is 11.0. The van der Waals surface area contributed by atoms with Crippen LogP contribution in [0, 0.1) is 5.92 Å². The van der Waals surface area contributed by atoms with Crippen LogP contribution in [-0.2, 0) is 6.42 Å². The Morgan fingerprint density at radius 2 is 2.24 bits per heavy atom. The van der Waals surface area contributed by atoms with Crippen molar-refractivity contribution in [2.45, 2.75) is 25.7 Å². The number of nitrogens with one attached hydrogen (secondary N) is 1.